The second-order valence-electron chi connectivity index (χ2n) is 6.11. The number of guanidine groups is 1. The van der Waals surface area contributed by atoms with Gasteiger partial charge in [0.05, 0.1) is 6.10 Å². The van der Waals surface area contributed by atoms with Crippen molar-refractivity contribution in [1.29, 1.82) is 0 Å². The van der Waals surface area contributed by atoms with Crippen LogP contribution in [0.1, 0.15) is 50.2 Å². The lowest BCUT2D eigenvalue weighted by Gasteiger charge is -2.14. The van der Waals surface area contributed by atoms with Gasteiger partial charge in [-0.25, -0.2) is 0 Å². The van der Waals surface area contributed by atoms with Gasteiger partial charge in [-0.3, -0.25) is 4.99 Å². The van der Waals surface area contributed by atoms with E-state index in [9.17, 15) is 0 Å². The molecule has 2 rings (SSSR count). The van der Waals surface area contributed by atoms with Crippen LogP contribution in [0.5, 0.6) is 0 Å². The van der Waals surface area contributed by atoms with Gasteiger partial charge in [0.25, 0.3) is 0 Å². The van der Waals surface area contributed by atoms with Crippen molar-refractivity contribution in [1.82, 2.24) is 10.6 Å². The maximum atomic E-state index is 5.88. The number of hydrogen-bond acceptors (Lipinski definition) is 2. The molecule has 1 aromatic carbocycles. The van der Waals surface area contributed by atoms with Gasteiger partial charge < -0.3 is 15.4 Å². The van der Waals surface area contributed by atoms with Crippen LogP contribution in [0.15, 0.2) is 29.3 Å². The molecule has 0 bridgehead atoms. The lowest BCUT2D eigenvalue weighted by atomic mass is 10.1. The number of aryl methyl sites for hydroxylation is 1. The molecule has 4 nitrogen and oxygen atoms in total. The molecular formula is C19H31N3O. The molecular weight excluding hydrogens is 286 g/mol. The third-order valence-corrected chi connectivity index (χ3v) is 4.44. The van der Waals surface area contributed by atoms with Crippen LogP contribution in [-0.4, -0.2) is 32.3 Å². The zero-order valence-corrected chi connectivity index (χ0v) is 14.6. The Morgan fingerprint density at radius 1 is 1.17 bits per heavy atom. The summed E-state index contributed by atoms with van der Waals surface area (Å²) in [5.41, 5.74) is 2.72. The van der Waals surface area contributed by atoms with E-state index < -0.39 is 0 Å². The molecule has 1 aliphatic carbocycles. The fraction of sp³-hybridized carbons (Fsp3) is 0.632. The fourth-order valence-corrected chi connectivity index (χ4v) is 3.06. The Hall–Kier alpha value is -1.55. The van der Waals surface area contributed by atoms with Crippen LogP contribution in [0.3, 0.4) is 0 Å². The Labute approximate surface area is 140 Å². The molecule has 0 atom stereocenters. The molecule has 23 heavy (non-hydrogen) atoms. The first-order chi connectivity index (χ1) is 11.3. The molecule has 0 heterocycles. The predicted molar refractivity (Wildman–Crippen MR) is 96.8 cm³/mol. The van der Waals surface area contributed by atoms with Crippen molar-refractivity contribution in [2.24, 2.45) is 4.99 Å². The Morgan fingerprint density at radius 3 is 2.61 bits per heavy atom. The van der Waals surface area contributed by atoms with E-state index in [4.69, 9.17) is 4.74 Å². The standard InChI is InChI=1S/C19H31N3O/c1-3-16-9-4-5-10-17(16)15-22-19(20-2)21-13-8-14-23-18-11-6-7-12-18/h4-5,9-10,18H,3,6-8,11-15H2,1-2H3,(H2,20,21,22). The van der Waals surface area contributed by atoms with E-state index in [1.165, 1.54) is 36.8 Å². The van der Waals surface area contributed by atoms with Crippen molar-refractivity contribution in [2.45, 2.75) is 58.1 Å². The minimum Gasteiger partial charge on any atom is -0.378 e. The molecule has 2 N–H and O–H groups in total. The summed E-state index contributed by atoms with van der Waals surface area (Å²) in [5, 5.41) is 6.75. The Bertz CT molecular complexity index is 481. The Kier molecular flexibility index (Phi) is 7.95. The van der Waals surface area contributed by atoms with Crippen LogP contribution in [0.25, 0.3) is 0 Å². The van der Waals surface area contributed by atoms with Gasteiger partial charge in [0.2, 0.25) is 0 Å². The average Bonchev–Trinajstić information content (AvgIpc) is 3.11. The highest BCUT2D eigenvalue weighted by Gasteiger charge is 2.14. The van der Waals surface area contributed by atoms with E-state index in [1.54, 1.807) is 0 Å². The summed E-state index contributed by atoms with van der Waals surface area (Å²) >= 11 is 0. The number of nitrogens with one attached hydrogen (secondary N) is 2. The zero-order chi connectivity index (χ0) is 16.3. The topological polar surface area (TPSA) is 45.7 Å². The zero-order valence-electron chi connectivity index (χ0n) is 14.6. The van der Waals surface area contributed by atoms with Gasteiger partial charge in [-0.1, -0.05) is 44.0 Å². The van der Waals surface area contributed by atoms with Crippen molar-refractivity contribution >= 4 is 5.96 Å². The molecule has 128 valence electrons. The summed E-state index contributed by atoms with van der Waals surface area (Å²) in [5.74, 6) is 0.858. The highest BCUT2D eigenvalue weighted by Crippen LogP contribution is 2.20. The molecule has 0 amide bonds. The van der Waals surface area contributed by atoms with Crippen LogP contribution in [0.4, 0.5) is 0 Å². The molecule has 0 saturated heterocycles. The van der Waals surface area contributed by atoms with Crippen LogP contribution in [0, 0.1) is 0 Å². The molecule has 0 aromatic heterocycles. The number of hydrogen-bond donors (Lipinski definition) is 2. The minimum absolute atomic E-state index is 0.512. The van der Waals surface area contributed by atoms with Crippen LogP contribution in [0.2, 0.25) is 0 Å². The monoisotopic (exact) mass is 317 g/mol. The summed E-state index contributed by atoms with van der Waals surface area (Å²) in [4.78, 5) is 4.29. The molecule has 0 unspecified atom stereocenters. The van der Waals surface area contributed by atoms with Gasteiger partial charge in [0.1, 0.15) is 0 Å². The molecule has 0 spiro atoms. The molecule has 1 saturated carbocycles. The first-order valence-electron chi connectivity index (χ1n) is 8.96. The Balaban J connectivity index is 1.63. The fourth-order valence-electron chi connectivity index (χ4n) is 3.06. The van der Waals surface area contributed by atoms with E-state index in [1.807, 2.05) is 7.05 Å². The van der Waals surface area contributed by atoms with E-state index in [-0.39, 0.29) is 0 Å². The average molecular weight is 317 g/mol. The van der Waals surface area contributed by atoms with Crippen LogP contribution >= 0.6 is 0 Å². The second-order valence-corrected chi connectivity index (χ2v) is 6.11. The number of rotatable bonds is 8. The summed E-state index contributed by atoms with van der Waals surface area (Å²) in [6, 6.07) is 8.55. The van der Waals surface area contributed by atoms with Crippen LogP contribution in [-0.2, 0) is 17.7 Å². The third kappa shape index (κ3) is 6.22. The summed E-state index contributed by atoms with van der Waals surface area (Å²) in [6.45, 7) is 4.73. The predicted octanol–water partition coefficient (Wildman–Crippen LogP) is 3.26. The largest absolute Gasteiger partial charge is 0.378 e. The molecule has 0 aliphatic heterocycles. The van der Waals surface area contributed by atoms with E-state index in [0.29, 0.717) is 6.10 Å². The van der Waals surface area contributed by atoms with Gasteiger partial charge in [-0.05, 0) is 36.8 Å². The summed E-state index contributed by atoms with van der Waals surface area (Å²) < 4.78 is 5.88. The van der Waals surface area contributed by atoms with E-state index in [2.05, 4.69) is 46.8 Å². The molecule has 4 heteroatoms. The number of ether oxygens (including phenoxy) is 1. The van der Waals surface area contributed by atoms with Gasteiger partial charge in [0.15, 0.2) is 5.96 Å². The van der Waals surface area contributed by atoms with Gasteiger partial charge in [-0.2, -0.15) is 0 Å². The normalized spacial score (nSPS) is 15.8. The first kappa shape index (κ1) is 17.8. The van der Waals surface area contributed by atoms with Crippen molar-refractivity contribution in [3.63, 3.8) is 0 Å². The maximum Gasteiger partial charge on any atom is 0.191 e. The first-order valence-corrected chi connectivity index (χ1v) is 8.96. The van der Waals surface area contributed by atoms with Crippen molar-refractivity contribution in [3.8, 4) is 0 Å². The van der Waals surface area contributed by atoms with Crippen molar-refractivity contribution < 1.29 is 4.74 Å². The lowest BCUT2D eigenvalue weighted by Crippen LogP contribution is -2.37. The number of benzene rings is 1. The number of nitrogens with zero attached hydrogens (tertiary/aromatic N) is 1. The second kappa shape index (κ2) is 10.3. The van der Waals surface area contributed by atoms with Crippen LogP contribution < -0.4 is 10.6 Å². The molecule has 0 radical (unpaired) electrons. The molecule has 1 fully saturated rings. The summed E-state index contributed by atoms with van der Waals surface area (Å²) in [7, 11) is 1.82. The van der Waals surface area contributed by atoms with Crippen molar-refractivity contribution in [3.05, 3.63) is 35.4 Å². The lowest BCUT2D eigenvalue weighted by molar-refractivity contribution is 0.0574. The smallest absolute Gasteiger partial charge is 0.191 e. The highest BCUT2D eigenvalue weighted by atomic mass is 16.5. The Morgan fingerprint density at radius 2 is 1.91 bits per heavy atom. The number of aliphatic imine (C=N–C) groups is 1. The van der Waals surface area contributed by atoms with Gasteiger partial charge in [-0.15, -0.1) is 0 Å². The van der Waals surface area contributed by atoms with Crippen molar-refractivity contribution in [2.75, 3.05) is 20.2 Å². The maximum absolute atomic E-state index is 5.88. The molecule has 1 aromatic rings. The van der Waals surface area contributed by atoms with E-state index >= 15 is 0 Å². The SMILES string of the molecule is CCc1ccccc1CNC(=NC)NCCCOC1CCCC1. The van der Waals surface area contributed by atoms with Gasteiger partial charge in [0, 0.05) is 26.7 Å². The van der Waals surface area contributed by atoms with Gasteiger partial charge >= 0.3 is 0 Å². The summed E-state index contributed by atoms with van der Waals surface area (Å²) in [6.07, 6.45) is 7.74. The minimum atomic E-state index is 0.512. The van der Waals surface area contributed by atoms with E-state index in [0.717, 1.165) is 38.5 Å². The quantitative estimate of drug-likeness (QED) is 0.439. The molecule has 1 aliphatic rings. The third-order valence-electron chi connectivity index (χ3n) is 4.44. The highest BCUT2D eigenvalue weighted by molar-refractivity contribution is 5.79.